The molecule has 4 fully saturated rings. The Balaban J connectivity index is 1.18. The molecule has 0 radical (unpaired) electrons. The van der Waals surface area contributed by atoms with E-state index in [1.807, 2.05) is 12.1 Å². The Bertz CT molecular complexity index is 1580. The van der Waals surface area contributed by atoms with Crippen LogP contribution in [-0.4, -0.2) is 123 Å². The van der Waals surface area contributed by atoms with Gasteiger partial charge in [0.05, 0.1) is 12.2 Å². The molecule has 2 aromatic carbocycles. The van der Waals surface area contributed by atoms with Crippen molar-refractivity contribution in [3.05, 3.63) is 64.1 Å². The van der Waals surface area contributed by atoms with Crippen LogP contribution in [0.5, 0.6) is 0 Å². The highest BCUT2D eigenvalue weighted by atomic mass is 79.9. The Labute approximate surface area is 316 Å². The lowest BCUT2D eigenvalue weighted by Crippen LogP contribution is -2.61. The van der Waals surface area contributed by atoms with Crippen LogP contribution in [0.1, 0.15) is 62.3 Å². The van der Waals surface area contributed by atoms with E-state index in [-0.39, 0.29) is 24.7 Å². The van der Waals surface area contributed by atoms with Gasteiger partial charge in [-0.25, -0.2) is 4.79 Å². The SMILES string of the molecule is COC(OC)[C@@H]1OC(C)(C)O[C@H]1[C@H](O[C@@H]1O[C@H](COC(=O)c2ccc(C(=O)Nc3ccc(Br)cc3)cc2)[C@@H]2OC(C)(C)O[C@@H]2[C@H]1O)[C@H]1COC(C)(C)O1. The summed E-state index contributed by atoms with van der Waals surface area (Å²) in [5.41, 5.74) is 1.20. The van der Waals surface area contributed by atoms with Crippen LogP contribution in [-0.2, 0) is 52.1 Å². The van der Waals surface area contributed by atoms with Crippen LogP contribution >= 0.6 is 15.9 Å². The zero-order chi connectivity index (χ0) is 38.3. The number of rotatable bonds is 12. The van der Waals surface area contributed by atoms with E-state index in [1.54, 1.807) is 53.7 Å². The number of halogens is 1. The summed E-state index contributed by atoms with van der Waals surface area (Å²) in [6.45, 7) is 10.4. The van der Waals surface area contributed by atoms with Crippen molar-refractivity contribution in [1.82, 2.24) is 0 Å². The van der Waals surface area contributed by atoms with Gasteiger partial charge in [0.15, 0.2) is 29.9 Å². The average Bonchev–Trinajstić information content (AvgIpc) is 3.75. The van der Waals surface area contributed by atoms with Crippen molar-refractivity contribution in [3.8, 4) is 0 Å². The summed E-state index contributed by atoms with van der Waals surface area (Å²) < 4.78 is 67.6. The highest BCUT2D eigenvalue weighted by Gasteiger charge is 2.59. The summed E-state index contributed by atoms with van der Waals surface area (Å²) in [5, 5.41) is 14.5. The number of methoxy groups -OCH3 is 2. The van der Waals surface area contributed by atoms with Crippen molar-refractivity contribution >= 4 is 33.5 Å². The van der Waals surface area contributed by atoms with Crippen molar-refractivity contribution in [2.75, 3.05) is 32.8 Å². The minimum atomic E-state index is -1.34. The second kappa shape index (κ2) is 15.9. The highest BCUT2D eigenvalue weighted by Crippen LogP contribution is 2.42. The monoisotopic (exact) mass is 809 g/mol. The molecule has 4 heterocycles. The Hall–Kier alpha value is -2.58. The van der Waals surface area contributed by atoms with Gasteiger partial charge in [0, 0.05) is 29.9 Å². The third-order valence-corrected chi connectivity index (χ3v) is 9.75. The number of fused-ring (bicyclic) bond motifs is 1. The first-order valence-electron chi connectivity index (χ1n) is 17.4. The zero-order valence-electron chi connectivity index (χ0n) is 30.9. The predicted octanol–water partition coefficient (Wildman–Crippen LogP) is 4.14. The number of hydrogen-bond donors (Lipinski definition) is 2. The number of benzene rings is 2. The van der Waals surface area contributed by atoms with Gasteiger partial charge in [0.1, 0.15) is 55.4 Å². The fourth-order valence-corrected chi connectivity index (χ4v) is 7.16. The lowest BCUT2D eigenvalue weighted by atomic mass is 9.98. The number of anilines is 1. The van der Waals surface area contributed by atoms with Crippen LogP contribution in [0.2, 0.25) is 0 Å². The summed E-state index contributed by atoms with van der Waals surface area (Å²) >= 11 is 3.37. The zero-order valence-corrected chi connectivity index (χ0v) is 32.5. The number of esters is 1. The van der Waals surface area contributed by atoms with Gasteiger partial charge in [-0.1, -0.05) is 15.9 Å². The normalized spacial score (nSPS) is 32.0. The number of carbonyl (C=O) groups is 2. The molecule has 292 valence electrons. The standard InChI is InChI=1S/C37H48BrNO14/c1-35(2)46-18-24(49-35)26(29-30(34(43-7)44-8)53-37(5,6)52-29)48-33-25(40)28-27(50-36(3,4)51-28)23(47-33)17-45-32(42)20-11-9-19(10-12-20)31(41)39-22-15-13-21(38)14-16-22/h9-16,23-30,33-34,40H,17-18H2,1-8H3,(H,39,41)/t23-,24-,25-,26-,27+,28-,29+,30-,33+/m1/s1. The van der Waals surface area contributed by atoms with Gasteiger partial charge >= 0.3 is 5.97 Å². The largest absolute Gasteiger partial charge is 0.459 e. The van der Waals surface area contributed by atoms with Crippen molar-refractivity contribution in [1.29, 1.82) is 0 Å². The van der Waals surface area contributed by atoms with Crippen LogP contribution < -0.4 is 5.32 Å². The van der Waals surface area contributed by atoms with Gasteiger partial charge in [-0.2, -0.15) is 0 Å². The van der Waals surface area contributed by atoms with E-state index in [0.717, 1.165) is 4.47 Å². The molecule has 0 bridgehead atoms. The molecule has 4 saturated heterocycles. The van der Waals surface area contributed by atoms with Crippen LogP contribution in [0.25, 0.3) is 0 Å². The maximum atomic E-state index is 13.2. The number of hydrogen-bond acceptors (Lipinski definition) is 14. The van der Waals surface area contributed by atoms with Crippen LogP contribution in [0.4, 0.5) is 5.69 Å². The number of carbonyl (C=O) groups excluding carboxylic acids is 2. The van der Waals surface area contributed by atoms with E-state index in [1.165, 1.54) is 38.5 Å². The lowest BCUT2D eigenvalue weighted by molar-refractivity contribution is -0.315. The summed E-state index contributed by atoms with van der Waals surface area (Å²) in [6.07, 6.45) is -9.38. The Morgan fingerprint density at radius 3 is 2.06 bits per heavy atom. The molecule has 16 heteroatoms. The van der Waals surface area contributed by atoms with Crippen LogP contribution in [0.3, 0.4) is 0 Å². The fourth-order valence-electron chi connectivity index (χ4n) is 6.89. The molecular weight excluding hydrogens is 762 g/mol. The lowest BCUT2D eigenvalue weighted by Gasteiger charge is -2.42. The molecule has 2 N–H and O–H groups in total. The highest BCUT2D eigenvalue weighted by molar-refractivity contribution is 9.10. The van der Waals surface area contributed by atoms with Gasteiger partial charge < -0.3 is 62.5 Å². The first-order chi connectivity index (χ1) is 25.0. The molecular formula is C37H48BrNO14. The molecule has 53 heavy (non-hydrogen) atoms. The molecule has 4 aliphatic rings. The molecule has 0 saturated carbocycles. The Morgan fingerprint density at radius 1 is 0.830 bits per heavy atom. The van der Waals surface area contributed by atoms with Crippen molar-refractivity contribution in [3.63, 3.8) is 0 Å². The quantitative estimate of drug-likeness (QED) is 0.232. The molecule has 4 aliphatic heterocycles. The second-order valence-corrected chi connectivity index (χ2v) is 15.5. The summed E-state index contributed by atoms with van der Waals surface area (Å²) in [7, 11) is 2.98. The number of ether oxygens (including phenoxy) is 11. The smallest absolute Gasteiger partial charge is 0.338 e. The topological polar surface area (TPSA) is 168 Å². The molecule has 0 aliphatic carbocycles. The molecule has 2 aromatic rings. The average molecular weight is 811 g/mol. The number of amides is 1. The van der Waals surface area contributed by atoms with Gasteiger partial charge in [-0.05, 0) is 90.1 Å². The first-order valence-corrected chi connectivity index (χ1v) is 18.2. The molecule has 0 aromatic heterocycles. The molecule has 0 unspecified atom stereocenters. The molecule has 1 amide bonds. The van der Waals surface area contributed by atoms with Crippen LogP contribution in [0.15, 0.2) is 53.0 Å². The number of nitrogens with one attached hydrogen (secondary N) is 1. The van der Waals surface area contributed by atoms with E-state index in [0.29, 0.717) is 11.3 Å². The first kappa shape index (κ1) is 40.1. The van der Waals surface area contributed by atoms with E-state index in [4.69, 9.17) is 52.1 Å². The third kappa shape index (κ3) is 9.28. The van der Waals surface area contributed by atoms with Gasteiger partial charge in [-0.15, -0.1) is 0 Å². The molecule has 6 rings (SSSR count). The van der Waals surface area contributed by atoms with Gasteiger partial charge in [0.25, 0.3) is 5.91 Å². The maximum absolute atomic E-state index is 13.2. The third-order valence-electron chi connectivity index (χ3n) is 9.23. The van der Waals surface area contributed by atoms with Gasteiger partial charge in [-0.3, -0.25) is 4.79 Å². The maximum Gasteiger partial charge on any atom is 0.338 e. The molecule has 0 spiro atoms. The number of aliphatic hydroxyl groups excluding tert-OH is 1. The summed E-state index contributed by atoms with van der Waals surface area (Å²) in [5.74, 6) is -4.06. The molecule has 15 nitrogen and oxygen atoms in total. The van der Waals surface area contributed by atoms with Crippen molar-refractivity contribution in [2.45, 2.75) is 120 Å². The fraction of sp³-hybridized carbons (Fsp3) is 0.622. The Kier molecular flexibility index (Phi) is 12.0. The van der Waals surface area contributed by atoms with E-state index in [2.05, 4.69) is 21.2 Å². The molecule has 9 atom stereocenters. The summed E-state index contributed by atoms with van der Waals surface area (Å²) in [6, 6.07) is 13.2. The minimum Gasteiger partial charge on any atom is -0.459 e. The van der Waals surface area contributed by atoms with Crippen LogP contribution in [0, 0.1) is 0 Å². The van der Waals surface area contributed by atoms with E-state index in [9.17, 15) is 14.7 Å². The Morgan fingerprint density at radius 2 is 1.43 bits per heavy atom. The van der Waals surface area contributed by atoms with Crippen molar-refractivity contribution < 1.29 is 66.8 Å². The number of aliphatic hydroxyl groups is 1. The van der Waals surface area contributed by atoms with E-state index < -0.39 is 84.7 Å². The van der Waals surface area contributed by atoms with E-state index >= 15 is 0 Å². The van der Waals surface area contributed by atoms with Gasteiger partial charge in [0.2, 0.25) is 0 Å². The van der Waals surface area contributed by atoms with Crippen molar-refractivity contribution in [2.24, 2.45) is 0 Å². The second-order valence-electron chi connectivity index (χ2n) is 14.6. The summed E-state index contributed by atoms with van der Waals surface area (Å²) in [4.78, 5) is 26.0. The predicted molar refractivity (Wildman–Crippen MR) is 189 cm³/mol. The minimum absolute atomic E-state index is 0.141.